The van der Waals surface area contributed by atoms with E-state index in [-0.39, 0.29) is 5.56 Å². The molecule has 1 heterocycles. The SMILES string of the molecule is Cc1nn(-c2cccc(Cl)c2)c(C)c1C(=O)[O-]. The Balaban J connectivity index is 2.62. The summed E-state index contributed by atoms with van der Waals surface area (Å²) in [5.74, 6) is -1.21. The lowest BCUT2D eigenvalue weighted by atomic mass is 10.2. The highest BCUT2D eigenvalue weighted by Gasteiger charge is 2.13. The van der Waals surface area contributed by atoms with Gasteiger partial charge in [0.1, 0.15) is 0 Å². The van der Waals surface area contributed by atoms with Crippen LogP contribution in [0.3, 0.4) is 0 Å². The number of benzene rings is 1. The van der Waals surface area contributed by atoms with Crippen molar-refractivity contribution in [2.24, 2.45) is 0 Å². The van der Waals surface area contributed by atoms with Crippen LogP contribution < -0.4 is 5.11 Å². The van der Waals surface area contributed by atoms with Gasteiger partial charge in [-0.15, -0.1) is 0 Å². The first-order valence-electron chi connectivity index (χ1n) is 5.04. The average Bonchev–Trinajstić information content (AvgIpc) is 2.54. The van der Waals surface area contributed by atoms with Crippen molar-refractivity contribution in [1.29, 1.82) is 0 Å². The number of hydrogen-bond acceptors (Lipinski definition) is 3. The van der Waals surface area contributed by atoms with Crippen LogP contribution in [0.4, 0.5) is 0 Å². The second-order valence-electron chi connectivity index (χ2n) is 3.72. The van der Waals surface area contributed by atoms with E-state index in [2.05, 4.69) is 5.10 Å². The summed E-state index contributed by atoms with van der Waals surface area (Å²) in [5.41, 5.74) is 1.82. The maximum Gasteiger partial charge on any atom is 0.0752 e. The molecule has 0 aliphatic rings. The van der Waals surface area contributed by atoms with Gasteiger partial charge in [-0.1, -0.05) is 17.7 Å². The number of rotatable bonds is 2. The molecule has 5 heteroatoms. The minimum atomic E-state index is -1.21. The lowest BCUT2D eigenvalue weighted by Gasteiger charge is -2.06. The third kappa shape index (κ3) is 2.03. The molecule has 4 nitrogen and oxygen atoms in total. The third-order valence-corrected chi connectivity index (χ3v) is 2.78. The van der Waals surface area contributed by atoms with Crippen molar-refractivity contribution < 1.29 is 9.90 Å². The monoisotopic (exact) mass is 249 g/mol. The molecule has 17 heavy (non-hydrogen) atoms. The van der Waals surface area contributed by atoms with Crippen LogP contribution in [0.1, 0.15) is 21.7 Å². The molecule has 0 saturated heterocycles. The topological polar surface area (TPSA) is 58.0 Å². The molecule has 0 aliphatic carbocycles. The minimum Gasteiger partial charge on any atom is -0.545 e. The summed E-state index contributed by atoms with van der Waals surface area (Å²) in [5, 5.41) is 15.7. The minimum absolute atomic E-state index is 0.130. The zero-order valence-corrected chi connectivity index (χ0v) is 10.2. The molecule has 1 aromatic heterocycles. The Hall–Kier alpha value is -1.81. The molecular weight excluding hydrogens is 240 g/mol. The molecule has 2 rings (SSSR count). The van der Waals surface area contributed by atoms with Gasteiger partial charge < -0.3 is 9.90 Å². The number of aryl methyl sites for hydroxylation is 1. The molecule has 0 fully saturated rings. The van der Waals surface area contributed by atoms with Crippen LogP contribution >= 0.6 is 11.6 Å². The standard InChI is InChI=1S/C12H11ClN2O2/c1-7-11(12(16)17)8(2)15(14-7)10-5-3-4-9(13)6-10/h3-6H,1-2H3,(H,16,17)/p-1. The number of halogens is 1. The zero-order valence-electron chi connectivity index (χ0n) is 9.40. The molecule has 0 radical (unpaired) electrons. The van der Waals surface area contributed by atoms with E-state index in [9.17, 15) is 9.90 Å². The van der Waals surface area contributed by atoms with Crippen LogP contribution in [0.2, 0.25) is 5.02 Å². The third-order valence-electron chi connectivity index (χ3n) is 2.55. The van der Waals surface area contributed by atoms with Gasteiger partial charge in [-0.3, -0.25) is 0 Å². The Morgan fingerprint density at radius 1 is 1.41 bits per heavy atom. The predicted molar refractivity (Wildman–Crippen MR) is 62.4 cm³/mol. The Morgan fingerprint density at radius 3 is 2.65 bits per heavy atom. The molecular formula is C12H10ClN2O2-. The van der Waals surface area contributed by atoms with Crippen molar-refractivity contribution in [1.82, 2.24) is 9.78 Å². The molecule has 0 atom stereocenters. The van der Waals surface area contributed by atoms with Crippen LogP contribution in [-0.2, 0) is 0 Å². The first-order valence-corrected chi connectivity index (χ1v) is 5.42. The number of carbonyl (C=O) groups is 1. The largest absolute Gasteiger partial charge is 0.545 e. The van der Waals surface area contributed by atoms with Gasteiger partial charge in [-0.05, 0) is 32.0 Å². The summed E-state index contributed by atoms with van der Waals surface area (Å²) < 4.78 is 1.55. The van der Waals surface area contributed by atoms with Crippen LogP contribution in [-0.4, -0.2) is 15.7 Å². The van der Waals surface area contributed by atoms with Crippen molar-refractivity contribution in [3.8, 4) is 5.69 Å². The summed E-state index contributed by atoms with van der Waals surface area (Å²) >= 11 is 5.89. The number of nitrogens with zero attached hydrogens (tertiary/aromatic N) is 2. The van der Waals surface area contributed by atoms with E-state index >= 15 is 0 Å². The van der Waals surface area contributed by atoms with Gasteiger partial charge in [0.25, 0.3) is 0 Å². The van der Waals surface area contributed by atoms with E-state index in [0.29, 0.717) is 16.4 Å². The zero-order chi connectivity index (χ0) is 12.6. The van der Waals surface area contributed by atoms with Gasteiger partial charge in [0.2, 0.25) is 0 Å². The Bertz CT molecular complexity index is 590. The van der Waals surface area contributed by atoms with E-state index in [4.69, 9.17) is 11.6 Å². The summed E-state index contributed by atoms with van der Waals surface area (Å²) in [4.78, 5) is 11.0. The summed E-state index contributed by atoms with van der Waals surface area (Å²) in [6, 6.07) is 7.06. The fourth-order valence-electron chi connectivity index (χ4n) is 1.80. The molecule has 0 saturated carbocycles. The second kappa shape index (κ2) is 4.22. The van der Waals surface area contributed by atoms with Gasteiger partial charge in [-0.2, -0.15) is 5.10 Å². The Labute approximate surface area is 103 Å². The number of aromatic carboxylic acids is 1. The van der Waals surface area contributed by atoms with Crippen LogP contribution in [0.5, 0.6) is 0 Å². The van der Waals surface area contributed by atoms with Crippen LogP contribution in [0.15, 0.2) is 24.3 Å². The molecule has 0 N–H and O–H groups in total. The van der Waals surface area contributed by atoms with Crippen molar-refractivity contribution in [2.45, 2.75) is 13.8 Å². The van der Waals surface area contributed by atoms with Gasteiger partial charge in [0, 0.05) is 10.6 Å². The van der Waals surface area contributed by atoms with Crippen molar-refractivity contribution in [3.63, 3.8) is 0 Å². The molecule has 2 aromatic rings. The average molecular weight is 250 g/mol. The molecule has 0 spiro atoms. The normalized spacial score (nSPS) is 10.5. The van der Waals surface area contributed by atoms with E-state index in [1.807, 2.05) is 6.07 Å². The maximum absolute atomic E-state index is 11.0. The number of hydrogen-bond donors (Lipinski definition) is 0. The summed E-state index contributed by atoms with van der Waals surface area (Å²) in [6.07, 6.45) is 0. The van der Waals surface area contributed by atoms with E-state index < -0.39 is 5.97 Å². The molecule has 0 aliphatic heterocycles. The fraction of sp³-hybridized carbons (Fsp3) is 0.167. The van der Waals surface area contributed by atoms with Crippen LogP contribution in [0, 0.1) is 13.8 Å². The van der Waals surface area contributed by atoms with E-state index in [0.717, 1.165) is 5.69 Å². The molecule has 0 unspecified atom stereocenters. The fourth-order valence-corrected chi connectivity index (χ4v) is 1.98. The first-order chi connectivity index (χ1) is 8.00. The van der Waals surface area contributed by atoms with E-state index in [1.165, 1.54) is 0 Å². The highest BCUT2D eigenvalue weighted by Crippen LogP contribution is 2.19. The predicted octanol–water partition coefficient (Wildman–Crippen LogP) is 1.51. The summed E-state index contributed by atoms with van der Waals surface area (Å²) in [6.45, 7) is 3.32. The van der Waals surface area contributed by atoms with Crippen molar-refractivity contribution >= 4 is 17.6 Å². The Morgan fingerprint density at radius 2 is 2.12 bits per heavy atom. The lowest BCUT2D eigenvalue weighted by molar-refractivity contribution is -0.255. The highest BCUT2D eigenvalue weighted by molar-refractivity contribution is 6.30. The van der Waals surface area contributed by atoms with Gasteiger partial charge >= 0.3 is 0 Å². The number of carbonyl (C=O) groups excluding carboxylic acids is 1. The van der Waals surface area contributed by atoms with Crippen LogP contribution in [0.25, 0.3) is 5.69 Å². The Kier molecular flexibility index (Phi) is 2.90. The smallest absolute Gasteiger partial charge is 0.0752 e. The van der Waals surface area contributed by atoms with E-state index in [1.54, 1.807) is 36.7 Å². The quantitative estimate of drug-likeness (QED) is 0.811. The van der Waals surface area contributed by atoms with Gasteiger partial charge in [0.15, 0.2) is 0 Å². The maximum atomic E-state index is 11.0. The van der Waals surface area contributed by atoms with Gasteiger partial charge in [0.05, 0.1) is 23.0 Å². The molecule has 0 bridgehead atoms. The number of carboxylic acids is 1. The first kappa shape index (κ1) is 11.7. The molecule has 1 aromatic carbocycles. The molecule has 88 valence electrons. The second-order valence-corrected chi connectivity index (χ2v) is 4.16. The molecule has 0 amide bonds. The lowest BCUT2D eigenvalue weighted by Crippen LogP contribution is -2.23. The number of aromatic nitrogens is 2. The van der Waals surface area contributed by atoms with Crippen molar-refractivity contribution in [3.05, 3.63) is 46.2 Å². The van der Waals surface area contributed by atoms with Gasteiger partial charge in [-0.25, -0.2) is 4.68 Å². The highest BCUT2D eigenvalue weighted by atomic mass is 35.5. The summed E-state index contributed by atoms with van der Waals surface area (Å²) in [7, 11) is 0. The van der Waals surface area contributed by atoms with Crippen molar-refractivity contribution in [2.75, 3.05) is 0 Å². The number of carboxylic acid groups (broad SMARTS) is 1.